The minimum atomic E-state index is -0.142. The largest absolute Gasteiger partial charge is 0.325 e. The number of benzene rings is 2. The second-order valence-electron chi connectivity index (χ2n) is 7.03. The van der Waals surface area contributed by atoms with Crippen LogP contribution in [0.25, 0.3) is 0 Å². The third-order valence-electron chi connectivity index (χ3n) is 4.85. The summed E-state index contributed by atoms with van der Waals surface area (Å²) in [7, 11) is 0. The van der Waals surface area contributed by atoms with E-state index in [1.165, 1.54) is 11.8 Å². The minimum absolute atomic E-state index is 0.111. The summed E-state index contributed by atoms with van der Waals surface area (Å²) in [4.78, 5) is 24.9. The number of anilines is 2. The molecule has 3 rings (SSSR count). The number of para-hydroxylation sites is 2. The first kappa shape index (κ1) is 22.6. The van der Waals surface area contributed by atoms with E-state index in [1.807, 2.05) is 66.9 Å². The summed E-state index contributed by atoms with van der Waals surface area (Å²) in [5, 5.41) is 14.9. The molecule has 8 heteroatoms. The number of nitrogens with zero attached hydrogens (tertiary/aromatic N) is 3. The summed E-state index contributed by atoms with van der Waals surface area (Å²) in [6.45, 7) is 6.58. The van der Waals surface area contributed by atoms with Gasteiger partial charge >= 0.3 is 0 Å². The Hall–Kier alpha value is -3.13. The lowest BCUT2D eigenvalue weighted by molar-refractivity contribution is -0.116. The van der Waals surface area contributed by atoms with Gasteiger partial charge in [-0.2, -0.15) is 0 Å². The summed E-state index contributed by atoms with van der Waals surface area (Å²) in [6, 6.07) is 15.4. The summed E-state index contributed by atoms with van der Waals surface area (Å²) in [6.07, 6.45) is 0.960. The molecule has 1 heterocycles. The van der Waals surface area contributed by atoms with Crippen molar-refractivity contribution >= 4 is 35.0 Å². The molecule has 0 aliphatic heterocycles. The van der Waals surface area contributed by atoms with Gasteiger partial charge < -0.3 is 15.2 Å². The first-order valence-electron chi connectivity index (χ1n) is 10.3. The lowest BCUT2D eigenvalue weighted by atomic mass is 10.1. The van der Waals surface area contributed by atoms with Crippen molar-refractivity contribution in [3.8, 4) is 0 Å². The summed E-state index contributed by atoms with van der Waals surface area (Å²) >= 11 is 1.31. The van der Waals surface area contributed by atoms with Crippen molar-refractivity contribution in [2.75, 3.05) is 16.4 Å². The Morgan fingerprint density at radius 1 is 0.935 bits per heavy atom. The van der Waals surface area contributed by atoms with E-state index in [9.17, 15) is 9.59 Å². The van der Waals surface area contributed by atoms with E-state index < -0.39 is 0 Å². The van der Waals surface area contributed by atoms with Crippen LogP contribution in [0.1, 0.15) is 30.8 Å². The number of thioether (sulfide) groups is 1. The van der Waals surface area contributed by atoms with Crippen LogP contribution < -0.4 is 10.6 Å². The van der Waals surface area contributed by atoms with Crippen LogP contribution in [0.2, 0.25) is 0 Å². The Bertz CT molecular complexity index is 1060. The predicted octanol–water partition coefficient (Wildman–Crippen LogP) is 4.08. The number of hydrogen-bond acceptors (Lipinski definition) is 5. The number of carbonyl (C=O) groups excluding carboxylic acids is 2. The van der Waals surface area contributed by atoms with Crippen LogP contribution in [0, 0.1) is 6.92 Å². The molecule has 2 aromatic carbocycles. The summed E-state index contributed by atoms with van der Waals surface area (Å²) in [5.41, 5.74) is 3.72. The molecular weight excluding hydrogens is 410 g/mol. The van der Waals surface area contributed by atoms with Crippen molar-refractivity contribution in [2.45, 2.75) is 45.3 Å². The zero-order valence-corrected chi connectivity index (χ0v) is 18.8. The van der Waals surface area contributed by atoms with Gasteiger partial charge in [0.1, 0.15) is 5.82 Å². The number of aromatic nitrogens is 3. The number of rotatable bonds is 9. The van der Waals surface area contributed by atoms with Crippen molar-refractivity contribution in [2.24, 2.45) is 0 Å². The third-order valence-corrected chi connectivity index (χ3v) is 5.82. The predicted molar refractivity (Wildman–Crippen MR) is 124 cm³/mol. The third kappa shape index (κ3) is 5.95. The Balaban J connectivity index is 1.60. The van der Waals surface area contributed by atoms with Crippen molar-refractivity contribution in [1.29, 1.82) is 0 Å². The van der Waals surface area contributed by atoms with Gasteiger partial charge in [0.05, 0.1) is 12.2 Å². The molecule has 0 saturated carbocycles. The molecule has 162 valence electrons. The lowest BCUT2D eigenvalue weighted by Crippen LogP contribution is -2.18. The monoisotopic (exact) mass is 437 g/mol. The van der Waals surface area contributed by atoms with E-state index in [4.69, 9.17) is 0 Å². The normalized spacial score (nSPS) is 10.7. The van der Waals surface area contributed by atoms with Crippen molar-refractivity contribution in [3.05, 3.63) is 65.5 Å². The number of hydrogen-bond donors (Lipinski definition) is 2. The highest BCUT2D eigenvalue weighted by molar-refractivity contribution is 7.99. The maximum Gasteiger partial charge on any atom is 0.234 e. The molecule has 3 aromatic rings. The van der Waals surface area contributed by atoms with Crippen molar-refractivity contribution in [3.63, 3.8) is 0 Å². The topological polar surface area (TPSA) is 88.9 Å². The molecule has 0 saturated heterocycles. The zero-order valence-electron chi connectivity index (χ0n) is 18.0. The van der Waals surface area contributed by atoms with Crippen LogP contribution in [0.3, 0.4) is 0 Å². The van der Waals surface area contributed by atoms with Gasteiger partial charge in [-0.15, -0.1) is 10.2 Å². The molecule has 0 spiro atoms. The molecule has 1 aromatic heterocycles. The number of amides is 2. The van der Waals surface area contributed by atoms with Gasteiger partial charge in [-0.05, 0) is 43.5 Å². The van der Waals surface area contributed by atoms with Gasteiger partial charge in [-0.25, -0.2) is 0 Å². The van der Waals surface area contributed by atoms with E-state index in [0.717, 1.165) is 28.9 Å². The highest BCUT2D eigenvalue weighted by Crippen LogP contribution is 2.20. The highest BCUT2D eigenvalue weighted by atomic mass is 32.2. The minimum Gasteiger partial charge on any atom is -0.325 e. The van der Waals surface area contributed by atoms with Gasteiger partial charge in [0.15, 0.2) is 5.16 Å². The Morgan fingerprint density at radius 3 is 2.32 bits per heavy atom. The van der Waals surface area contributed by atoms with E-state index in [1.54, 1.807) is 0 Å². The molecular formula is C23H27N5O2S. The molecule has 0 atom stereocenters. The first-order chi connectivity index (χ1) is 15.0. The molecule has 0 aliphatic rings. The van der Waals surface area contributed by atoms with Gasteiger partial charge in [0.25, 0.3) is 0 Å². The average Bonchev–Trinajstić information content (AvgIpc) is 3.15. The quantitative estimate of drug-likeness (QED) is 0.493. The molecule has 0 fully saturated rings. The first-order valence-corrected chi connectivity index (χ1v) is 11.3. The van der Waals surface area contributed by atoms with Gasteiger partial charge in [-0.3, -0.25) is 9.59 Å². The summed E-state index contributed by atoms with van der Waals surface area (Å²) < 4.78 is 1.87. The molecule has 2 amide bonds. The van der Waals surface area contributed by atoms with E-state index in [2.05, 4.69) is 27.8 Å². The summed E-state index contributed by atoms with van der Waals surface area (Å²) in [5.74, 6) is 0.538. The van der Waals surface area contributed by atoms with Gasteiger partial charge in [-0.1, -0.05) is 55.1 Å². The van der Waals surface area contributed by atoms with Crippen molar-refractivity contribution < 1.29 is 9.59 Å². The van der Waals surface area contributed by atoms with Gasteiger partial charge in [0, 0.05) is 17.9 Å². The fourth-order valence-corrected chi connectivity index (χ4v) is 4.01. The average molecular weight is 438 g/mol. The van der Waals surface area contributed by atoms with Crippen LogP contribution >= 0.6 is 11.8 Å². The van der Waals surface area contributed by atoms with Crippen LogP contribution in [0.15, 0.2) is 53.7 Å². The van der Waals surface area contributed by atoms with Crippen LogP contribution in [-0.2, 0) is 29.0 Å². The number of carbonyl (C=O) groups is 2. The second-order valence-corrected chi connectivity index (χ2v) is 7.97. The maximum absolute atomic E-state index is 12.6. The molecule has 0 radical (unpaired) electrons. The van der Waals surface area contributed by atoms with Crippen LogP contribution in [-0.4, -0.2) is 32.3 Å². The standard InChI is InChI=1S/C23H27N5O2S/c1-4-17-11-7-9-13-19(17)25-21(29)14-20-26-27-23(28(20)5-2)31-15-22(30)24-18-12-8-6-10-16(18)3/h6-13H,4-5,14-15H2,1-3H3,(H,24,30)(H,25,29). The molecule has 2 N–H and O–H groups in total. The Kier molecular flexibility index (Phi) is 7.83. The molecule has 0 aliphatic carbocycles. The fraction of sp³-hybridized carbons (Fsp3) is 0.304. The molecule has 0 unspecified atom stereocenters. The van der Waals surface area contributed by atoms with Gasteiger partial charge in [0.2, 0.25) is 11.8 Å². The SMILES string of the molecule is CCc1ccccc1NC(=O)Cc1nnc(SCC(=O)Nc2ccccc2C)n1CC. The number of aryl methyl sites for hydroxylation is 2. The molecule has 7 nitrogen and oxygen atoms in total. The number of nitrogens with one attached hydrogen (secondary N) is 2. The van der Waals surface area contributed by atoms with Crippen LogP contribution in [0.4, 0.5) is 11.4 Å². The second kappa shape index (κ2) is 10.8. The smallest absolute Gasteiger partial charge is 0.234 e. The van der Waals surface area contributed by atoms with E-state index >= 15 is 0 Å². The van der Waals surface area contributed by atoms with E-state index in [0.29, 0.717) is 17.5 Å². The van der Waals surface area contributed by atoms with Crippen molar-refractivity contribution in [1.82, 2.24) is 14.8 Å². The lowest BCUT2D eigenvalue weighted by Gasteiger charge is -2.11. The maximum atomic E-state index is 12.6. The zero-order chi connectivity index (χ0) is 22.2. The Morgan fingerprint density at radius 2 is 1.61 bits per heavy atom. The molecule has 0 bridgehead atoms. The molecule has 31 heavy (non-hydrogen) atoms. The van der Waals surface area contributed by atoms with Crippen LogP contribution in [0.5, 0.6) is 0 Å². The highest BCUT2D eigenvalue weighted by Gasteiger charge is 2.16. The van der Waals surface area contributed by atoms with E-state index in [-0.39, 0.29) is 24.0 Å². The Labute approximate surface area is 186 Å². The fourth-order valence-electron chi connectivity index (χ4n) is 3.19.